The summed E-state index contributed by atoms with van der Waals surface area (Å²) < 4.78 is 18.0. The van der Waals surface area contributed by atoms with Gasteiger partial charge in [-0.2, -0.15) is 0 Å². The van der Waals surface area contributed by atoms with Crippen molar-refractivity contribution in [2.75, 3.05) is 50.8 Å². The molecule has 1 spiro atoms. The van der Waals surface area contributed by atoms with Crippen LogP contribution in [0.5, 0.6) is 5.88 Å². The van der Waals surface area contributed by atoms with Crippen molar-refractivity contribution in [2.45, 2.75) is 49.5 Å². The summed E-state index contributed by atoms with van der Waals surface area (Å²) in [5, 5.41) is 5.24. The van der Waals surface area contributed by atoms with E-state index in [9.17, 15) is 4.79 Å². The number of pyridine rings is 1. The zero-order valence-corrected chi connectivity index (χ0v) is 20.5. The minimum atomic E-state index is -0.306. The molecule has 1 N–H and O–H groups in total. The van der Waals surface area contributed by atoms with Crippen LogP contribution in [0.4, 0.5) is 5.69 Å². The second kappa shape index (κ2) is 10.3. The Bertz CT molecular complexity index is 1040. The molecule has 3 aliphatic heterocycles. The van der Waals surface area contributed by atoms with Crippen molar-refractivity contribution in [3.05, 3.63) is 54.2 Å². The third-order valence-electron chi connectivity index (χ3n) is 7.66. The van der Waals surface area contributed by atoms with Crippen LogP contribution in [-0.2, 0) is 14.3 Å². The summed E-state index contributed by atoms with van der Waals surface area (Å²) in [4.78, 5) is 24.7. The van der Waals surface area contributed by atoms with Gasteiger partial charge in [0.05, 0.1) is 36.5 Å². The van der Waals surface area contributed by atoms with Crippen molar-refractivity contribution in [1.29, 1.82) is 0 Å². The highest BCUT2D eigenvalue weighted by atomic mass is 16.7. The summed E-state index contributed by atoms with van der Waals surface area (Å²) >= 11 is 0. The number of carbonyl (C=O) groups excluding carboxylic acids is 1. The van der Waals surface area contributed by atoms with Crippen molar-refractivity contribution in [2.24, 2.45) is 0 Å². The first kappa shape index (κ1) is 23.7. The quantitative estimate of drug-likeness (QED) is 0.624. The molecule has 192 valence electrons. The number of nitrogens with zero attached hydrogens (tertiary/aromatic N) is 3. The van der Waals surface area contributed by atoms with Crippen LogP contribution >= 0.6 is 0 Å². The molecule has 3 saturated heterocycles. The second-order valence-corrected chi connectivity index (χ2v) is 10.2. The topological polar surface area (TPSA) is 85.4 Å². The fourth-order valence-electron chi connectivity index (χ4n) is 5.45. The van der Waals surface area contributed by atoms with Crippen LogP contribution in [0.25, 0.3) is 0 Å². The molecule has 1 aromatic carbocycles. The average Bonchev–Trinajstić information content (AvgIpc) is 2.88. The van der Waals surface area contributed by atoms with Gasteiger partial charge in [0.25, 0.3) is 0 Å². The largest absolute Gasteiger partial charge is 0.474 e. The highest BCUT2D eigenvalue weighted by Gasteiger charge is 2.46. The standard InChI is InChI=1S/C27H34N4O5/c32-26(20-4-2-1-3-5-20)36-30-11-7-22(8-12-30)34-23-15-24(16-23)35-25-14-21(6-9-29-25)31-13-10-28-17-27(31)18-33-19-27/h1-6,9,14,22-24,28H,7-8,10-13,15-19H2/t23-,24-. The van der Waals surface area contributed by atoms with Crippen molar-refractivity contribution < 1.29 is 23.8 Å². The van der Waals surface area contributed by atoms with Gasteiger partial charge in [0.2, 0.25) is 5.88 Å². The zero-order chi connectivity index (χ0) is 24.4. The first-order valence-corrected chi connectivity index (χ1v) is 13.0. The lowest BCUT2D eigenvalue weighted by atomic mass is 9.91. The van der Waals surface area contributed by atoms with Crippen LogP contribution in [0.3, 0.4) is 0 Å². The number of hydrogen-bond acceptors (Lipinski definition) is 9. The predicted molar refractivity (Wildman–Crippen MR) is 133 cm³/mol. The maximum atomic E-state index is 12.2. The Hall–Kier alpha value is -2.72. The lowest BCUT2D eigenvalue weighted by Crippen LogP contribution is -2.71. The van der Waals surface area contributed by atoms with Gasteiger partial charge in [0, 0.05) is 63.5 Å². The van der Waals surface area contributed by atoms with E-state index in [2.05, 4.69) is 27.3 Å². The Morgan fingerprint density at radius 1 is 1.03 bits per heavy atom. The minimum absolute atomic E-state index is 0.0573. The number of hydroxylamine groups is 2. The van der Waals surface area contributed by atoms with Crippen LogP contribution in [-0.4, -0.2) is 85.8 Å². The van der Waals surface area contributed by atoms with Crippen molar-refractivity contribution in [3.63, 3.8) is 0 Å². The van der Waals surface area contributed by atoms with Crippen LogP contribution in [0, 0.1) is 0 Å². The van der Waals surface area contributed by atoms with Crippen molar-refractivity contribution >= 4 is 11.7 Å². The van der Waals surface area contributed by atoms with Crippen LogP contribution in [0.15, 0.2) is 48.7 Å². The Kier molecular flexibility index (Phi) is 6.79. The Labute approximate surface area is 211 Å². The molecular weight excluding hydrogens is 460 g/mol. The molecule has 6 rings (SSSR count). The minimum Gasteiger partial charge on any atom is -0.474 e. The lowest BCUT2D eigenvalue weighted by molar-refractivity contribution is -0.161. The summed E-state index contributed by atoms with van der Waals surface area (Å²) in [5.41, 5.74) is 1.78. The maximum Gasteiger partial charge on any atom is 0.357 e. The summed E-state index contributed by atoms with van der Waals surface area (Å²) in [6.45, 7) is 5.76. The third kappa shape index (κ3) is 5.06. The van der Waals surface area contributed by atoms with E-state index < -0.39 is 0 Å². The van der Waals surface area contributed by atoms with Gasteiger partial charge >= 0.3 is 5.97 Å². The number of anilines is 1. The summed E-state index contributed by atoms with van der Waals surface area (Å²) in [5.74, 6) is 0.373. The van der Waals surface area contributed by atoms with Crippen molar-refractivity contribution in [3.8, 4) is 5.88 Å². The van der Waals surface area contributed by atoms with E-state index in [0.29, 0.717) is 24.5 Å². The maximum absolute atomic E-state index is 12.2. The molecule has 0 atom stereocenters. The lowest BCUT2D eigenvalue weighted by Gasteiger charge is -2.53. The summed E-state index contributed by atoms with van der Waals surface area (Å²) in [6, 6.07) is 13.2. The number of piperazine rings is 1. The summed E-state index contributed by atoms with van der Waals surface area (Å²) in [7, 11) is 0. The molecule has 4 heterocycles. The molecule has 36 heavy (non-hydrogen) atoms. The normalized spacial score (nSPS) is 26.2. The molecule has 2 aromatic rings. The molecular formula is C27H34N4O5. The van der Waals surface area contributed by atoms with E-state index in [1.807, 2.05) is 24.4 Å². The monoisotopic (exact) mass is 494 g/mol. The molecule has 0 unspecified atom stereocenters. The smallest absolute Gasteiger partial charge is 0.357 e. The number of carbonyl (C=O) groups is 1. The van der Waals surface area contributed by atoms with E-state index >= 15 is 0 Å². The SMILES string of the molecule is O=C(ON1CCC(O[C@H]2C[C@H](Oc3cc(N4CCNCC45COC5)ccn3)C2)CC1)c1ccccc1. The molecule has 4 fully saturated rings. The first-order chi connectivity index (χ1) is 17.7. The third-order valence-corrected chi connectivity index (χ3v) is 7.66. The molecule has 4 aliphatic rings. The van der Waals surface area contributed by atoms with E-state index in [-0.39, 0.29) is 29.8 Å². The van der Waals surface area contributed by atoms with Gasteiger partial charge in [0.1, 0.15) is 6.10 Å². The average molecular weight is 495 g/mol. The van der Waals surface area contributed by atoms with Gasteiger partial charge in [-0.1, -0.05) is 18.2 Å². The highest BCUT2D eigenvalue weighted by Crippen LogP contribution is 2.35. The van der Waals surface area contributed by atoms with Gasteiger partial charge in [0.15, 0.2) is 0 Å². The van der Waals surface area contributed by atoms with E-state index in [0.717, 1.165) is 64.2 Å². The number of piperidine rings is 1. The van der Waals surface area contributed by atoms with Gasteiger partial charge < -0.3 is 29.3 Å². The Morgan fingerprint density at radius 2 is 1.83 bits per heavy atom. The van der Waals surface area contributed by atoms with Gasteiger partial charge in [-0.25, -0.2) is 9.78 Å². The molecule has 9 heteroatoms. The number of ether oxygens (including phenoxy) is 3. The number of benzene rings is 1. The number of rotatable bonds is 7. The number of nitrogens with one attached hydrogen (secondary N) is 1. The van der Waals surface area contributed by atoms with Crippen LogP contribution in [0.1, 0.15) is 36.0 Å². The molecule has 0 amide bonds. The highest BCUT2D eigenvalue weighted by molar-refractivity contribution is 5.89. The number of hydrogen-bond donors (Lipinski definition) is 1. The molecule has 0 radical (unpaired) electrons. The van der Waals surface area contributed by atoms with Crippen molar-refractivity contribution in [1.82, 2.24) is 15.4 Å². The van der Waals surface area contributed by atoms with Gasteiger partial charge in [-0.05, 0) is 31.0 Å². The van der Waals surface area contributed by atoms with Gasteiger partial charge in [-0.3, -0.25) is 0 Å². The molecule has 1 saturated carbocycles. The fourth-order valence-corrected chi connectivity index (χ4v) is 5.45. The molecule has 0 bridgehead atoms. The summed E-state index contributed by atoms with van der Waals surface area (Å²) in [6.07, 6.45) is 5.83. The molecule has 9 nitrogen and oxygen atoms in total. The van der Waals surface area contributed by atoms with Gasteiger partial charge in [-0.15, -0.1) is 5.06 Å². The van der Waals surface area contributed by atoms with E-state index in [4.69, 9.17) is 19.0 Å². The second-order valence-electron chi connectivity index (χ2n) is 10.2. The van der Waals surface area contributed by atoms with E-state index in [1.165, 1.54) is 0 Å². The number of aromatic nitrogens is 1. The Balaban J connectivity index is 0.932. The van der Waals surface area contributed by atoms with Crippen LogP contribution in [0.2, 0.25) is 0 Å². The van der Waals surface area contributed by atoms with Crippen LogP contribution < -0.4 is 15.0 Å². The predicted octanol–water partition coefficient (Wildman–Crippen LogP) is 2.42. The molecule has 1 aromatic heterocycles. The first-order valence-electron chi connectivity index (χ1n) is 13.0. The zero-order valence-electron chi connectivity index (χ0n) is 20.5. The Morgan fingerprint density at radius 3 is 2.58 bits per heavy atom. The molecule has 1 aliphatic carbocycles. The fraction of sp³-hybridized carbons (Fsp3) is 0.556. The van der Waals surface area contributed by atoms with E-state index in [1.54, 1.807) is 17.2 Å².